The van der Waals surface area contributed by atoms with E-state index in [9.17, 15) is 14.9 Å². The molecule has 10 heteroatoms. The molecule has 0 atom stereocenters. The highest BCUT2D eigenvalue weighted by Gasteiger charge is 2.18. The monoisotopic (exact) mass is 293 g/mol. The number of hydrogen-bond donors (Lipinski definition) is 2. The number of carboxylic acid groups (broad SMARTS) is 1. The van der Waals surface area contributed by atoms with Crippen LogP contribution in [0.15, 0.2) is 16.7 Å². The molecule has 0 amide bonds. The number of carboxylic acids is 1. The maximum absolute atomic E-state index is 10.9. The largest absolute Gasteiger partial charge is 0.477 e. The molecule has 0 aliphatic heterocycles. The van der Waals surface area contributed by atoms with Gasteiger partial charge in [-0.2, -0.15) is 4.98 Å². The third-order valence-corrected chi connectivity index (χ3v) is 2.49. The van der Waals surface area contributed by atoms with Gasteiger partial charge in [-0.05, 0) is 13.0 Å². The minimum absolute atomic E-state index is 0.115. The van der Waals surface area contributed by atoms with E-state index >= 15 is 0 Å². The highest BCUT2D eigenvalue weighted by molar-refractivity contribution is 5.86. The number of anilines is 1. The summed E-state index contributed by atoms with van der Waals surface area (Å²) < 4.78 is 4.89. The van der Waals surface area contributed by atoms with E-state index in [1.807, 2.05) is 0 Å². The van der Waals surface area contributed by atoms with Crippen LogP contribution in [-0.2, 0) is 6.42 Å². The predicted octanol–water partition coefficient (Wildman–Crippen LogP) is 1.03. The van der Waals surface area contributed by atoms with E-state index in [0.29, 0.717) is 18.1 Å². The van der Waals surface area contributed by atoms with Gasteiger partial charge in [-0.25, -0.2) is 9.78 Å². The number of nitro groups is 1. The number of nitrogens with zero attached hydrogens (tertiary/aromatic N) is 4. The average molecular weight is 293 g/mol. The molecule has 0 radical (unpaired) electrons. The third kappa shape index (κ3) is 3.49. The van der Waals surface area contributed by atoms with Crippen LogP contribution in [-0.4, -0.2) is 37.7 Å². The van der Waals surface area contributed by atoms with Crippen molar-refractivity contribution in [2.45, 2.75) is 13.3 Å². The molecule has 0 bridgehead atoms. The summed E-state index contributed by atoms with van der Waals surface area (Å²) in [7, 11) is 0. The van der Waals surface area contributed by atoms with E-state index in [-0.39, 0.29) is 23.7 Å². The molecule has 0 aromatic carbocycles. The van der Waals surface area contributed by atoms with Crippen LogP contribution in [0.4, 0.5) is 11.5 Å². The van der Waals surface area contributed by atoms with Crippen LogP contribution >= 0.6 is 0 Å². The summed E-state index contributed by atoms with van der Waals surface area (Å²) in [6, 6.07) is 2.17. The van der Waals surface area contributed by atoms with E-state index in [0.717, 1.165) is 12.1 Å². The second-order valence-corrected chi connectivity index (χ2v) is 4.04. The van der Waals surface area contributed by atoms with Gasteiger partial charge in [0.1, 0.15) is 0 Å². The molecule has 0 aliphatic carbocycles. The van der Waals surface area contributed by atoms with Crippen molar-refractivity contribution in [3.63, 3.8) is 0 Å². The minimum Gasteiger partial charge on any atom is -0.477 e. The summed E-state index contributed by atoms with van der Waals surface area (Å²) in [4.78, 5) is 28.8. The van der Waals surface area contributed by atoms with Crippen molar-refractivity contribution in [3.05, 3.63) is 39.7 Å². The van der Waals surface area contributed by atoms with Crippen molar-refractivity contribution >= 4 is 17.5 Å². The molecule has 2 aromatic heterocycles. The molecule has 110 valence electrons. The zero-order valence-electron chi connectivity index (χ0n) is 10.9. The summed E-state index contributed by atoms with van der Waals surface area (Å²) in [6.45, 7) is 1.90. The lowest BCUT2D eigenvalue weighted by atomic mass is 10.3. The molecule has 2 rings (SSSR count). The van der Waals surface area contributed by atoms with E-state index in [4.69, 9.17) is 9.63 Å². The number of rotatable bonds is 6. The summed E-state index contributed by atoms with van der Waals surface area (Å²) in [5.74, 6) is -0.518. The molecule has 0 saturated heterocycles. The van der Waals surface area contributed by atoms with Crippen molar-refractivity contribution < 1.29 is 19.3 Å². The van der Waals surface area contributed by atoms with Gasteiger partial charge in [-0.1, -0.05) is 5.16 Å². The summed E-state index contributed by atoms with van der Waals surface area (Å²) in [5, 5.41) is 26.0. The Hall–Kier alpha value is -3.04. The summed E-state index contributed by atoms with van der Waals surface area (Å²) in [5.41, 5.74) is -0.585. The first-order valence-electron chi connectivity index (χ1n) is 5.89. The molecule has 0 fully saturated rings. The Balaban J connectivity index is 2.11. The molecular weight excluding hydrogens is 282 g/mol. The highest BCUT2D eigenvalue weighted by Crippen LogP contribution is 2.22. The van der Waals surface area contributed by atoms with E-state index in [1.54, 1.807) is 6.92 Å². The van der Waals surface area contributed by atoms with E-state index in [1.165, 1.54) is 0 Å². The molecule has 21 heavy (non-hydrogen) atoms. The molecule has 2 aromatic rings. The smallest absolute Gasteiger partial charge is 0.354 e. The van der Waals surface area contributed by atoms with E-state index in [2.05, 4.69) is 20.4 Å². The van der Waals surface area contributed by atoms with Crippen molar-refractivity contribution in [1.29, 1.82) is 0 Å². The van der Waals surface area contributed by atoms with Gasteiger partial charge in [0.25, 0.3) is 0 Å². The van der Waals surface area contributed by atoms with Crippen LogP contribution in [0.1, 0.15) is 22.2 Å². The Bertz CT molecular complexity index is 683. The zero-order chi connectivity index (χ0) is 15.4. The van der Waals surface area contributed by atoms with Gasteiger partial charge in [-0.15, -0.1) is 0 Å². The lowest BCUT2D eigenvalue weighted by Crippen LogP contribution is -2.11. The first kappa shape index (κ1) is 14.4. The standard InChI is InChI=1S/C11H11N5O5/c1-6-13-9(21-15-6)4-5-12-10-8(16(19)20)3-2-7(14-10)11(17)18/h2-3H,4-5H2,1H3,(H,12,14)(H,17,18). The Morgan fingerprint density at radius 1 is 1.48 bits per heavy atom. The maximum atomic E-state index is 10.9. The van der Waals surface area contributed by atoms with Gasteiger partial charge in [0.15, 0.2) is 11.5 Å². The third-order valence-electron chi connectivity index (χ3n) is 2.49. The predicted molar refractivity (Wildman–Crippen MR) is 69.1 cm³/mol. The molecule has 2 heterocycles. The Morgan fingerprint density at radius 2 is 2.24 bits per heavy atom. The quantitative estimate of drug-likeness (QED) is 0.589. The maximum Gasteiger partial charge on any atom is 0.354 e. The number of pyridine rings is 1. The topological polar surface area (TPSA) is 144 Å². The molecule has 0 saturated carbocycles. The van der Waals surface area contributed by atoms with Crippen LogP contribution in [0.3, 0.4) is 0 Å². The van der Waals surface area contributed by atoms with Gasteiger partial charge in [0.05, 0.1) is 4.92 Å². The highest BCUT2D eigenvalue weighted by atomic mass is 16.6. The molecule has 0 unspecified atom stereocenters. The molecule has 2 N–H and O–H groups in total. The van der Waals surface area contributed by atoms with E-state index < -0.39 is 10.9 Å². The Morgan fingerprint density at radius 3 is 2.81 bits per heavy atom. The van der Waals surface area contributed by atoms with Gasteiger partial charge < -0.3 is 14.9 Å². The second kappa shape index (κ2) is 5.94. The van der Waals surface area contributed by atoms with Gasteiger partial charge in [0.2, 0.25) is 11.7 Å². The normalized spacial score (nSPS) is 10.3. The van der Waals surface area contributed by atoms with Gasteiger partial charge in [-0.3, -0.25) is 10.1 Å². The number of hydrogen-bond acceptors (Lipinski definition) is 8. The zero-order valence-corrected chi connectivity index (χ0v) is 10.9. The Labute approximate surface area is 118 Å². The van der Waals surface area contributed by atoms with Crippen LogP contribution in [0.5, 0.6) is 0 Å². The van der Waals surface area contributed by atoms with Crippen LogP contribution in [0, 0.1) is 17.0 Å². The van der Waals surface area contributed by atoms with Gasteiger partial charge in [0, 0.05) is 19.0 Å². The average Bonchev–Trinajstić information content (AvgIpc) is 2.84. The summed E-state index contributed by atoms with van der Waals surface area (Å²) >= 11 is 0. The fourth-order valence-corrected chi connectivity index (χ4v) is 1.58. The Kier molecular flexibility index (Phi) is 4.07. The minimum atomic E-state index is -1.26. The molecule has 0 spiro atoms. The van der Waals surface area contributed by atoms with Crippen molar-refractivity contribution in [3.8, 4) is 0 Å². The number of carbonyl (C=O) groups is 1. The van der Waals surface area contributed by atoms with Crippen molar-refractivity contribution in [2.24, 2.45) is 0 Å². The molecular formula is C11H11N5O5. The fourth-order valence-electron chi connectivity index (χ4n) is 1.58. The van der Waals surface area contributed by atoms with Crippen LogP contribution < -0.4 is 5.32 Å². The second-order valence-electron chi connectivity index (χ2n) is 4.04. The first-order chi connectivity index (χ1) is 9.97. The van der Waals surface area contributed by atoms with Crippen molar-refractivity contribution in [2.75, 3.05) is 11.9 Å². The lowest BCUT2D eigenvalue weighted by Gasteiger charge is -2.05. The fraction of sp³-hybridized carbons (Fsp3) is 0.273. The van der Waals surface area contributed by atoms with Crippen LogP contribution in [0.2, 0.25) is 0 Å². The SMILES string of the molecule is Cc1noc(CCNc2nc(C(=O)O)ccc2[N+](=O)[O-])n1. The molecule has 10 nitrogen and oxygen atoms in total. The van der Waals surface area contributed by atoms with Gasteiger partial charge >= 0.3 is 11.7 Å². The molecule has 0 aliphatic rings. The summed E-state index contributed by atoms with van der Waals surface area (Å²) in [6.07, 6.45) is 0.330. The van der Waals surface area contributed by atoms with Crippen molar-refractivity contribution in [1.82, 2.24) is 15.1 Å². The number of aromatic carboxylic acids is 1. The first-order valence-corrected chi connectivity index (χ1v) is 5.89. The number of aryl methyl sites for hydroxylation is 1. The lowest BCUT2D eigenvalue weighted by molar-refractivity contribution is -0.384. The number of aromatic nitrogens is 3. The van der Waals surface area contributed by atoms with Crippen LogP contribution in [0.25, 0.3) is 0 Å². The number of nitrogens with one attached hydrogen (secondary N) is 1.